The molecule has 5 heteroatoms. The number of aliphatic hydroxyl groups is 1. The molecule has 0 bridgehead atoms. The average molecular weight is 268 g/mol. The standard InChI is InChI=1S/C14H20O5/c1-4-5-6-7-8-9-10(15)11-12(16)18-14(2,3)19-13(11)17/h4,15H,1,5-9H2,2-3H3. The number of unbranched alkanes of at least 4 members (excludes halogenated alkanes) is 3. The number of rotatable bonds is 6. The Morgan fingerprint density at radius 2 is 1.79 bits per heavy atom. The maximum Gasteiger partial charge on any atom is 0.352 e. The third-order valence-corrected chi connectivity index (χ3v) is 2.70. The highest BCUT2D eigenvalue weighted by molar-refractivity contribution is 6.15. The van der Waals surface area contributed by atoms with Crippen molar-refractivity contribution in [3.8, 4) is 0 Å². The number of carbonyl (C=O) groups is 2. The second-order valence-electron chi connectivity index (χ2n) is 4.89. The van der Waals surface area contributed by atoms with Crippen molar-refractivity contribution in [2.24, 2.45) is 0 Å². The van der Waals surface area contributed by atoms with Crippen LogP contribution in [-0.4, -0.2) is 22.8 Å². The van der Waals surface area contributed by atoms with Crippen LogP contribution in [0, 0.1) is 0 Å². The lowest BCUT2D eigenvalue weighted by molar-refractivity contribution is -0.222. The Balaban J connectivity index is 2.60. The summed E-state index contributed by atoms with van der Waals surface area (Å²) in [7, 11) is 0. The van der Waals surface area contributed by atoms with E-state index in [-0.39, 0.29) is 17.8 Å². The molecule has 19 heavy (non-hydrogen) atoms. The number of aliphatic hydroxyl groups excluding tert-OH is 1. The molecule has 0 amide bonds. The predicted octanol–water partition coefficient (Wildman–Crippen LogP) is 2.77. The molecule has 0 saturated carbocycles. The fourth-order valence-corrected chi connectivity index (χ4v) is 1.77. The number of ether oxygens (including phenoxy) is 2. The van der Waals surface area contributed by atoms with Crippen LogP contribution in [0.15, 0.2) is 24.0 Å². The highest BCUT2D eigenvalue weighted by Gasteiger charge is 2.40. The molecule has 0 spiro atoms. The van der Waals surface area contributed by atoms with Crippen LogP contribution in [0.4, 0.5) is 0 Å². The van der Waals surface area contributed by atoms with Gasteiger partial charge in [0.15, 0.2) is 5.57 Å². The molecular weight excluding hydrogens is 248 g/mol. The second-order valence-corrected chi connectivity index (χ2v) is 4.89. The van der Waals surface area contributed by atoms with E-state index in [9.17, 15) is 14.7 Å². The van der Waals surface area contributed by atoms with Crippen LogP contribution in [0.25, 0.3) is 0 Å². The van der Waals surface area contributed by atoms with Gasteiger partial charge in [-0.05, 0) is 19.3 Å². The molecule has 0 aromatic heterocycles. The molecule has 1 fully saturated rings. The van der Waals surface area contributed by atoms with E-state index < -0.39 is 17.7 Å². The molecule has 0 aromatic carbocycles. The summed E-state index contributed by atoms with van der Waals surface area (Å²) in [6.45, 7) is 6.55. The first-order valence-electron chi connectivity index (χ1n) is 6.37. The van der Waals surface area contributed by atoms with Crippen molar-refractivity contribution >= 4 is 11.9 Å². The van der Waals surface area contributed by atoms with E-state index in [1.54, 1.807) is 0 Å². The summed E-state index contributed by atoms with van der Waals surface area (Å²) in [5, 5.41) is 9.80. The fraction of sp³-hybridized carbons (Fsp3) is 0.571. The van der Waals surface area contributed by atoms with E-state index in [2.05, 4.69) is 6.58 Å². The van der Waals surface area contributed by atoms with Gasteiger partial charge in [-0.2, -0.15) is 0 Å². The van der Waals surface area contributed by atoms with E-state index in [0.717, 1.165) is 19.3 Å². The number of hydrogen-bond acceptors (Lipinski definition) is 5. The lowest BCUT2D eigenvalue weighted by atomic mass is 10.1. The molecular formula is C14H20O5. The van der Waals surface area contributed by atoms with Crippen LogP contribution in [-0.2, 0) is 19.1 Å². The van der Waals surface area contributed by atoms with Crippen molar-refractivity contribution < 1.29 is 24.2 Å². The van der Waals surface area contributed by atoms with Crippen LogP contribution in [0.5, 0.6) is 0 Å². The summed E-state index contributed by atoms with van der Waals surface area (Å²) >= 11 is 0. The molecule has 1 rings (SSSR count). The van der Waals surface area contributed by atoms with Gasteiger partial charge in [0.05, 0.1) is 0 Å². The minimum atomic E-state index is -1.28. The van der Waals surface area contributed by atoms with Gasteiger partial charge >= 0.3 is 11.9 Å². The van der Waals surface area contributed by atoms with Crippen LogP contribution >= 0.6 is 0 Å². The van der Waals surface area contributed by atoms with Gasteiger partial charge in [0.2, 0.25) is 0 Å². The molecule has 1 aliphatic rings. The minimum Gasteiger partial charge on any atom is -0.511 e. The van der Waals surface area contributed by atoms with Crippen LogP contribution in [0.1, 0.15) is 46.0 Å². The van der Waals surface area contributed by atoms with Gasteiger partial charge in [0.25, 0.3) is 5.79 Å². The second kappa shape index (κ2) is 6.41. The normalized spacial score (nSPS) is 17.7. The van der Waals surface area contributed by atoms with Gasteiger partial charge in [-0.25, -0.2) is 9.59 Å². The Bertz CT molecular complexity index is 384. The number of carbonyl (C=O) groups excluding carboxylic acids is 2. The zero-order chi connectivity index (χ0) is 14.5. The van der Waals surface area contributed by atoms with Crippen molar-refractivity contribution in [3.05, 3.63) is 24.0 Å². The maximum absolute atomic E-state index is 11.6. The summed E-state index contributed by atoms with van der Waals surface area (Å²) in [5.41, 5.74) is -0.386. The first kappa shape index (κ1) is 15.3. The Hall–Kier alpha value is -1.78. The third-order valence-electron chi connectivity index (χ3n) is 2.70. The zero-order valence-electron chi connectivity index (χ0n) is 11.4. The SMILES string of the molecule is C=CCCCCCC(O)=C1C(=O)OC(C)(C)OC1=O. The van der Waals surface area contributed by atoms with Gasteiger partial charge in [-0.15, -0.1) is 6.58 Å². The molecule has 1 heterocycles. The van der Waals surface area contributed by atoms with Crippen molar-refractivity contribution in [2.45, 2.75) is 51.7 Å². The third kappa shape index (κ3) is 4.43. The van der Waals surface area contributed by atoms with Crippen LogP contribution in [0.3, 0.4) is 0 Å². The molecule has 106 valence electrons. The topological polar surface area (TPSA) is 72.8 Å². The molecule has 1 saturated heterocycles. The van der Waals surface area contributed by atoms with E-state index in [0.29, 0.717) is 6.42 Å². The maximum atomic E-state index is 11.6. The van der Waals surface area contributed by atoms with Crippen LogP contribution < -0.4 is 0 Å². The number of esters is 2. The highest BCUT2D eigenvalue weighted by Crippen LogP contribution is 2.25. The highest BCUT2D eigenvalue weighted by atomic mass is 16.7. The summed E-state index contributed by atoms with van der Waals surface area (Å²) < 4.78 is 9.82. The van der Waals surface area contributed by atoms with Crippen LogP contribution in [0.2, 0.25) is 0 Å². The minimum absolute atomic E-state index is 0.260. The van der Waals surface area contributed by atoms with E-state index in [4.69, 9.17) is 9.47 Å². The lowest BCUT2D eigenvalue weighted by Gasteiger charge is -2.30. The van der Waals surface area contributed by atoms with E-state index in [1.807, 2.05) is 6.08 Å². The smallest absolute Gasteiger partial charge is 0.352 e. The zero-order valence-corrected chi connectivity index (χ0v) is 11.4. The number of cyclic esters (lactones) is 2. The summed E-state index contributed by atoms with van der Waals surface area (Å²) in [5.74, 6) is -3.19. The molecule has 0 aromatic rings. The Morgan fingerprint density at radius 3 is 2.32 bits per heavy atom. The first-order valence-corrected chi connectivity index (χ1v) is 6.37. The van der Waals surface area contributed by atoms with Gasteiger partial charge < -0.3 is 14.6 Å². The van der Waals surface area contributed by atoms with Gasteiger partial charge in [0.1, 0.15) is 5.76 Å². The van der Waals surface area contributed by atoms with E-state index >= 15 is 0 Å². The lowest BCUT2D eigenvalue weighted by Crippen LogP contribution is -2.42. The first-order chi connectivity index (χ1) is 8.87. The molecule has 0 atom stereocenters. The summed E-state index contributed by atoms with van der Waals surface area (Å²) in [6.07, 6.45) is 5.54. The van der Waals surface area contributed by atoms with Gasteiger partial charge in [0, 0.05) is 20.3 Å². The van der Waals surface area contributed by atoms with Crippen molar-refractivity contribution in [1.29, 1.82) is 0 Å². The summed E-state index contributed by atoms with van der Waals surface area (Å²) in [6, 6.07) is 0. The molecule has 1 aliphatic heterocycles. The quantitative estimate of drug-likeness (QED) is 0.200. The fourth-order valence-electron chi connectivity index (χ4n) is 1.77. The van der Waals surface area contributed by atoms with Crippen molar-refractivity contribution in [1.82, 2.24) is 0 Å². The summed E-state index contributed by atoms with van der Waals surface area (Å²) in [4.78, 5) is 23.3. The molecule has 0 radical (unpaired) electrons. The molecule has 5 nitrogen and oxygen atoms in total. The van der Waals surface area contributed by atoms with Gasteiger partial charge in [-0.1, -0.05) is 12.5 Å². The number of hydrogen-bond donors (Lipinski definition) is 1. The van der Waals surface area contributed by atoms with E-state index in [1.165, 1.54) is 13.8 Å². The Kier molecular flexibility index (Phi) is 5.15. The predicted molar refractivity (Wildman–Crippen MR) is 69.2 cm³/mol. The van der Waals surface area contributed by atoms with Crippen molar-refractivity contribution in [2.75, 3.05) is 0 Å². The monoisotopic (exact) mass is 268 g/mol. The average Bonchev–Trinajstić information content (AvgIpc) is 2.25. The van der Waals surface area contributed by atoms with Crippen molar-refractivity contribution in [3.63, 3.8) is 0 Å². The Morgan fingerprint density at radius 1 is 1.21 bits per heavy atom. The Labute approximate surface area is 112 Å². The molecule has 1 N–H and O–H groups in total. The van der Waals surface area contributed by atoms with Gasteiger partial charge in [-0.3, -0.25) is 0 Å². The molecule has 0 aliphatic carbocycles. The molecule has 0 unspecified atom stereocenters. The number of allylic oxidation sites excluding steroid dienone is 2. The largest absolute Gasteiger partial charge is 0.511 e.